The number of methoxy groups -OCH3 is 1. The number of rotatable bonds is 6. The summed E-state index contributed by atoms with van der Waals surface area (Å²) in [6.07, 6.45) is -0.0101. The molecule has 0 bridgehead atoms. The van der Waals surface area contributed by atoms with Gasteiger partial charge in [-0.1, -0.05) is 13.8 Å². The highest BCUT2D eigenvalue weighted by molar-refractivity contribution is 5.96. The Hall–Kier alpha value is -1.62. The van der Waals surface area contributed by atoms with Gasteiger partial charge in [-0.05, 0) is 30.5 Å². The molecule has 0 heterocycles. The second-order valence-electron chi connectivity index (χ2n) is 4.84. The number of aliphatic hydroxyl groups excluding tert-OH is 1. The minimum absolute atomic E-state index is 0.124. The fourth-order valence-corrected chi connectivity index (χ4v) is 1.79. The quantitative estimate of drug-likeness (QED) is 0.830. The molecule has 5 heteroatoms. The summed E-state index contributed by atoms with van der Waals surface area (Å²) < 4.78 is 18.1. The first-order chi connectivity index (χ1) is 8.93. The zero-order valence-corrected chi connectivity index (χ0v) is 11.4. The number of carbonyl (C=O) groups is 1. The van der Waals surface area contributed by atoms with Crippen molar-refractivity contribution in [2.75, 3.05) is 13.7 Å². The third kappa shape index (κ3) is 4.87. The van der Waals surface area contributed by atoms with Gasteiger partial charge in [-0.15, -0.1) is 0 Å². The van der Waals surface area contributed by atoms with Gasteiger partial charge in [-0.2, -0.15) is 0 Å². The SMILES string of the molecule is COc1ccc(F)cc1C(=O)NCC(O)CC(C)C. The monoisotopic (exact) mass is 269 g/mol. The third-order valence-electron chi connectivity index (χ3n) is 2.65. The molecule has 2 N–H and O–H groups in total. The molecule has 1 aromatic carbocycles. The minimum Gasteiger partial charge on any atom is -0.496 e. The molecule has 1 unspecified atom stereocenters. The topological polar surface area (TPSA) is 58.6 Å². The van der Waals surface area contributed by atoms with Crippen molar-refractivity contribution >= 4 is 5.91 Å². The number of hydrogen-bond acceptors (Lipinski definition) is 3. The van der Waals surface area contributed by atoms with E-state index in [9.17, 15) is 14.3 Å². The van der Waals surface area contributed by atoms with Crippen molar-refractivity contribution in [3.8, 4) is 5.75 Å². The summed E-state index contributed by atoms with van der Waals surface area (Å²) in [5.74, 6) is -0.319. The zero-order valence-electron chi connectivity index (χ0n) is 11.4. The van der Waals surface area contributed by atoms with Crippen molar-refractivity contribution < 1.29 is 19.0 Å². The fourth-order valence-electron chi connectivity index (χ4n) is 1.79. The zero-order chi connectivity index (χ0) is 14.4. The fraction of sp³-hybridized carbons (Fsp3) is 0.500. The number of hydrogen-bond donors (Lipinski definition) is 2. The van der Waals surface area contributed by atoms with Crippen LogP contribution in [-0.4, -0.2) is 30.8 Å². The Morgan fingerprint density at radius 1 is 1.47 bits per heavy atom. The Morgan fingerprint density at radius 2 is 2.16 bits per heavy atom. The lowest BCUT2D eigenvalue weighted by molar-refractivity contribution is 0.0897. The van der Waals surface area contributed by atoms with Gasteiger partial charge in [0.1, 0.15) is 11.6 Å². The molecule has 0 radical (unpaired) electrons. The number of aliphatic hydroxyl groups is 1. The minimum atomic E-state index is -0.608. The van der Waals surface area contributed by atoms with Crippen LogP contribution < -0.4 is 10.1 Å². The maximum Gasteiger partial charge on any atom is 0.255 e. The normalized spacial score (nSPS) is 12.3. The highest BCUT2D eigenvalue weighted by atomic mass is 19.1. The highest BCUT2D eigenvalue weighted by Gasteiger charge is 2.15. The number of halogens is 1. The number of carbonyl (C=O) groups excluding carboxylic acids is 1. The van der Waals surface area contributed by atoms with Crippen molar-refractivity contribution in [3.05, 3.63) is 29.6 Å². The van der Waals surface area contributed by atoms with Gasteiger partial charge in [0, 0.05) is 6.54 Å². The van der Waals surface area contributed by atoms with Crippen LogP contribution in [0.1, 0.15) is 30.6 Å². The molecule has 0 aliphatic carbocycles. The summed E-state index contributed by atoms with van der Waals surface area (Å²) in [4.78, 5) is 11.9. The Balaban J connectivity index is 2.65. The van der Waals surface area contributed by atoms with Gasteiger partial charge < -0.3 is 15.2 Å². The van der Waals surface area contributed by atoms with E-state index in [-0.39, 0.29) is 12.1 Å². The number of ether oxygens (including phenoxy) is 1. The first-order valence-electron chi connectivity index (χ1n) is 6.23. The van der Waals surface area contributed by atoms with E-state index in [2.05, 4.69) is 5.32 Å². The lowest BCUT2D eigenvalue weighted by atomic mass is 10.1. The molecule has 0 fully saturated rings. The van der Waals surface area contributed by atoms with E-state index >= 15 is 0 Å². The van der Waals surface area contributed by atoms with Crippen molar-refractivity contribution in [3.63, 3.8) is 0 Å². The maximum absolute atomic E-state index is 13.1. The van der Waals surface area contributed by atoms with Crippen LogP contribution in [0.15, 0.2) is 18.2 Å². The van der Waals surface area contributed by atoms with E-state index < -0.39 is 17.8 Å². The molecule has 1 aromatic rings. The van der Waals surface area contributed by atoms with Gasteiger partial charge in [-0.25, -0.2) is 4.39 Å². The summed E-state index contributed by atoms with van der Waals surface area (Å²) in [6.45, 7) is 4.11. The second kappa shape index (κ2) is 7.09. The Bertz CT molecular complexity index is 435. The number of benzene rings is 1. The molecule has 19 heavy (non-hydrogen) atoms. The molecule has 0 spiro atoms. The Kier molecular flexibility index (Phi) is 5.76. The molecule has 0 aliphatic rings. The van der Waals surface area contributed by atoms with Gasteiger partial charge in [0.25, 0.3) is 5.91 Å². The molecular weight excluding hydrogens is 249 g/mol. The number of amides is 1. The van der Waals surface area contributed by atoms with Gasteiger partial charge in [0.05, 0.1) is 18.8 Å². The van der Waals surface area contributed by atoms with Crippen LogP contribution in [0.4, 0.5) is 4.39 Å². The van der Waals surface area contributed by atoms with Gasteiger partial charge >= 0.3 is 0 Å². The van der Waals surface area contributed by atoms with Crippen LogP contribution in [0.5, 0.6) is 5.75 Å². The predicted molar refractivity (Wildman–Crippen MR) is 70.7 cm³/mol. The van der Waals surface area contributed by atoms with Gasteiger partial charge in [-0.3, -0.25) is 4.79 Å². The summed E-state index contributed by atoms with van der Waals surface area (Å²) in [7, 11) is 1.41. The molecule has 0 aromatic heterocycles. The van der Waals surface area contributed by atoms with E-state index in [0.29, 0.717) is 18.1 Å². The van der Waals surface area contributed by atoms with E-state index in [1.54, 1.807) is 0 Å². The smallest absolute Gasteiger partial charge is 0.255 e. The highest BCUT2D eigenvalue weighted by Crippen LogP contribution is 2.19. The second-order valence-corrected chi connectivity index (χ2v) is 4.84. The van der Waals surface area contributed by atoms with Crippen LogP contribution in [-0.2, 0) is 0 Å². The van der Waals surface area contributed by atoms with Crippen LogP contribution >= 0.6 is 0 Å². The Morgan fingerprint density at radius 3 is 2.74 bits per heavy atom. The van der Waals surface area contributed by atoms with Crippen LogP contribution in [0.3, 0.4) is 0 Å². The van der Waals surface area contributed by atoms with Gasteiger partial charge in [0.15, 0.2) is 0 Å². The first-order valence-corrected chi connectivity index (χ1v) is 6.23. The van der Waals surface area contributed by atoms with Crippen LogP contribution in [0.25, 0.3) is 0 Å². The molecule has 0 aliphatic heterocycles. The van der Waals surface area contributed by atoms with E-state index in [1.165, 1.54) is 19.2 Å². The average Bonchev–Trinajstić information content (AvgIpc) is 2.35. The summed E-state index contributed by atoms with van der Waals surface area (Å²) in [6, 6.07) is 3.74. The molecule has 0 saturated carbocycles. The Labute approximate surface area is 112 Å². The van der Waals surface area contributed by atoms with E-state index in [0.717, 1.165) is 6.07 Å². The van der Waals surface area contributed by atoms with E-state index in [1.807, 2.05) is 13.8 Å². The van der Waals surface area contributed by atoms with E-state index in [4.69, 9.17) is 4.74 Å². The number of nitrogens with one attached hydrogen (secondary N) is 1. The van der Waals surface area contributed by atoms with Crippen molar-refractivity contribution in [1.82, 2.24) is 5.32 Å². The van der Waals surface area contributed by atoms with Crippen LogP contribution in [0, 0.1) is 11.7 Å². The lowest BCUT2D eigenvalue weighted by Gasteiger charge is -2.14. The lowest BCUT2D eigenvalue weighted by Crippen LogP contribution is -2.33. The predicted octanol–water partition coefficient (Wildman–Crippen LogP) is 1.97. The average molecular weight is 269 g/mol. The molecule has 4 nitrogen and oxygen atoms in total. The molecular formula is C14H20FNO3. The van der Waals surface area contributed by atoms with Gasteiger partial charge in [0.2, 0.25) is 0 Å². The molecule has 0 saturated heterocycles. The van der Waals surface area contributed by atoms with Crippen LogP contribution in [0.2, 0.25) is 0 Å². The van der Waals surface area contributed by atoms with Crippen molar-refractivity contribution in [1.29, 1.82) is 0 Å². The largest absolute Gasteiger partial charge is 0.496 e. The molecule has 1 rings (SSSR count). The third-order valence-corrected chi connectivity index (χ3v) is 2.65. The maximum atomic E-state index is 13.1. The summed E-state index contributed by atoms with van der Waals surface area (Å²) in [5, 5.41) is 12.2. The standard InChI is InChI=1S/C14H20FNO3/c1-9(2)6-11(17)8-16-14(18)12-7-10(15)4-5-13(12)19-3/h4-5,7,9,11,17H,6,8H2,1-3H3,(H,16,18). The summed E-state index contributed by atoms with van der Waals surface area (Å²) in [5.41, 5.74) is 0.124. The molecule has 1 amide bonds. The molecule has 1 atom stereocenters. The molecule has 106 valence electrons. The first kappa shape index (κ1) is 15.4. The summed E-state index contributed by atoms with van der Waals surface area (Å²) >= 11 is 0. The van der Waals surface area contributed by atoms with Crippen molar-refractivity contribution in [2.24, 2.45) is 5.92 Å². The van der Waals surface area contributed by atoms with Crippen molar-refractivity contribution in [2.45, 2.75) is 26.4 Å².